The van der Waals surface area contributed by atoms with Crippen LogP contribution in [0.1, 0.15) is 12.8 Å². The molecule has 1 N–H and O–H groups in total. The van der Waals surface area contributed by atoms with Crippen molar-refractivity contribution < 1.29 is 19.1 Å². The fraction of sp³-hybridized carbons (Fsp3) is 0.385. The first kappa shape index (κ1) is 17.9. The van der Waals surface area contributed by atoms with Gasteiger partial charge in [0.2, 0.25) is 0 Å². The fourth-order valence-corrected chi connectivity index (χ4v) is 1.96. The summed E-state index contributed by atoms with van der Waals surface area (Å²) < 4.78 is 9.74. The standard InChI is InChI=1S/C13H14Cl3NO4/c1-20-13(19)3-2-4-17-12(18)7-21-11-6-9(15)8(14)5-10(11)16/h5-6H,2-4,7H2,1H3,(H,17,18). The van der Waals surface area contributed by atoms with Crippen LogP contribution >= 0.6 is 34.8 Å². The summed E-state index contributed by atoms with van der Waals surface area (Å²) in [6, 6.07) is 2.88. The Morgan fingerprint density at radius 1 is 1.14 bits per heavy atom. The third-order valence-electron chi connectivity index (χ3n) is 2.44. The van der Waals surface area contributed by atoms with Crippen LogP contribution in [-0.4, -0.2) is 32.1 Å². The summed E-state index contributed by atoms with van der Waals surface area (Å²) in [6.07, 6.45) is 0.738. The first-order valence-corrected chi connectivity index (χ1v) is 7.18. The lowest BCUT2D eigenvalue weighted by Gasteiger charge is -2.09. The van der Waals surface area contributed by atoms with E-state index in [1.54, 1.807) is 0 Å². The Hall–Kier alpha value is -1.17. The van der Waals surface area contributed by atoms with Crippen molar-refractivity contribution in [3.8, 4) is 5.75 Å². The van der Waals surface area contributed by atoms with Crippen LogP contribution in [0.5, 0.6) is 5.75 Å². The molecule has 1 aromatic rings. The van der Waals surface area contributed by atoms with Crippen LogP contribution in [-0.2, 0) is 14.3 Å². The summed E-state index contributed by atoms with van der Waals surface area (Å²) in [5.74, 6) is -0.374. The van der Waals surface area contributed by atoms with Gasteiger partial charge in [-0.3, -0.25) is 9.59 Å². The minimum atomic E-state index is -0.331. The zero-order valence-electron chi connectivity index (χ0n) is 11.3. The Morgan fingerprint density at radius 2 is 1.81 bits per heavy atom. The molecule has 1 amide bonds. The fourth-order valence-electron chi connectivity index (χ4n) is 1.37. The van der Waals surface area contributed by atoms with Crippen molar-refractivity contribution in [2.75, 3.05) is 20.3 Å². The number of carbonyl (C=O) groups is 2. The molecule has 1 aromatic carbocycles. The zero-order chi connectivity index (χ0) is 15.8. The van der Waals surface area contributed by atoms with E-state index in [2.05, 4.69) is 10.1 Å². The third-order valence-corrected chi connectivity index (χ3v) is 3.46. The molecule has 0 bridgehead atoms. The van der Waals surface area contributed by atoms with Gasteiger partial charge in [0.25, 0.3) is 5.91 Å². The molecule has 0 heterocycles. The van der Waals surface area contributed by atoms with Gasteiger partial charge < -0.3 is 14.8 Å². The van der Waals surface area contributed by atoms with E-state index in [9.17, 15) is 9.59 Å². The van der Waals surface area contributed by atoms with E-state index in [0.717, 1.165) is 0 Å². The maximum atomic E-state index is 11.5. The summed E-state index contributed by atoms with van der Waals surface area (Å²) in [5, 5.41) is 3.46. The maximum absolute atomic E-state index is 11.5. The minimum Gasteiger partial charge on any atom is -0.482 e. The number of hydrogen-bond acceptors (Lipinski definition) is 4. The molecule has 0 saturated heterocycles. The van der Waals surface area contributed by atoms with Crippen molar-refractivity contribution in [3.05, 3.63) is 27.2 Å². The number of nitrogens with one attached hydrogen (secondary N) is 1. The number of rotatable bonds is 7. The largest absolute Gasteiger partial charge is 0.482 e. The molecule has 0 aromatic heterocycles. The van der Waals surface area contributed by atoms with Crippen LogP contribution in [0.15, 0.2) is 12.1 Å². The average Bonchev–Trinajstić information content (AvgIpc) is 2.45. The van der Waals surface area contributed by atoms with Crippen molar-refractivity contribution in [1.82, 2.24) is 5.32 Å². The topological polar surface area (TPSA) is 64.6 Å². The number of amides is 1. The Kier molecular flexibility index (Phi) is 7.64. The molecule has 116 valence electrons. The Balaban J connectivity index is 2.33. The quantitative estimate of drug-likeness (QED) is 0.464. The van der Waals surface area contributed by atoms with E-state index in [1.165, 1.54) is 19.2 Å². The predicted octanol–water partition coefficient (Wildman–Crippen LogP) is 3.10. The SMILES string of the molecule is COC(=O)CCCNC(=O)COc1cc(Cl)c(Cl)cc1Cl. The van der Waals surface area contributed by atoms with E-state index in [0.29, 0.717) is 18.0 Å². The van der Waals surface area contributed by atoms with Gasteiger partial charge in [0, 0.05) is 19.0 Å². The number of hydrogen-bond donors (Lipinski definition) is 1. The molecule has 8 heteroatoms. The zero-order valence-corrected chi connectivity index (χ0v) is 13.5. The normalized spacial score (nSPS) is 10.1. The molecule has 1 rings (SSSR count). The van der Waals surface area contributed by atoms with Crippen LogP contribution in [0.3, 0.4) is 0 Å². The number of ether oxygens (including phenoxy) is 2. The van der Waals surface area contributed by atoms with Crippen molar-refractivity contribution >= 4 is 46.7 Å². The smallest absolute Gasteiger partial charge is 0.305 e. The highest BCUT2D eigenvalue weighted by Gasteiger charge is 2.09. The average molecular weight is 355 g/mol. The van der Waals surface area contributed by atoms with E-state index >= 15 is 0 Å². The highest BCUT2D eigenvalue weighted by Crippen LogP contribution is 2.33. The molecule has 0 aliphatic heterocycles. The molecule has 0 saturated carbocycles. The summed E-state index contributed by atoms with van der Waals surface area (Å²) in [5.41, 5.74) is 0. The lowest BCUT2D eigenvalue weighted by Crippen LogP contribution is -2.30. The predicted molar refractivity (Wildman–Crippen MR) is 81.2 cm³/mol. The van der Waals surface area contributed by atoms with Gasteiger partial charge in [0.1, 0.15) is 5.75 Å². The van der Waals surface area contributed by atoms with Crippen LogP contribution in [0.2, 0.25) is 15.1 Å². The van der Waals surface area contributed by atoms with Gasteiger partial charge >= 0.3 is 5.97 Å². The van der Waals surface area contributed by atoms with Crippen LogP contribution in [0, 0.1) is 0 Å². The summed E-state index contributed by atoms with van der Waals surface area (Å²) in [4.78, 5) is 22.4. The first-order chi connectivity index (χ1) is 9.93. The molecule has 21 heavy (non-hydrogen) atoms. The third kappa shape index (κ3) is 6.42. The molecule has 0 spiro atoms. The molecule has 0 aliphatic carbocycles. The number of carbonyl (C=O) groups excluding carboxylic acids is 2. The lowest BCUT2D eigenvalue weighted by atomic mass is 10.3. The molecular weight excluding hydrogens is 341 g/mol. The van der Waals surface area contributed by atoms with Gasteiger partial charge in [0.15, 0.2) is 6.61 Å². The number of halogens is 3. The molecule has 0 aliphatic rings. The number of methoxy groups -OCH3 is 1. The summed E-state index contributed by atoms with van der Waals surface area (Å²) >= 11 is 17.5. The number of benzene rings is 1. The monoisotopic (exact) mass is 353 g/mol. The van der Waals surface area contributed by atoms with E-state index in [-0.39, 0.29) is 40.7 Å². The van der Waals surface area contributed by atoms with E-state index in [4.69, 9.17) is 39.5 Å². The van der Waals surface area contributed by atoms with E-state index in [1.807, 2.05) is 0 Å². The minimum absolute atomic E-state index is 0.212. The molecule has 0 fully saturated rings. The number of esters is 1. The molecule has 0 atom stereocenters. The van der Waals surface area contributed by atoms with Gasteiger partial charge in [0.05, 0.1) is 22.2 Å². The molecule has 0 radical (unpaired) electrons. The summed E-state index contributed by atoms with van der Waals surface area (Å²) in [7, 11) is 1.32. The summed E-state index contributed by atoms with van der Waals surface area (Å²) in [6.45, 7) is 0.141. The molecule has 5 nitrogen and oxygen atoms in total. The van der Waals surface area contributed by atoms with E-state index < -0.39 is 0 Å². The highest BCUT2D eigenvalue weighted by atomic mass is 35.5. The second-order valence-electron chi connectivity index (χ2n) is 4.02. The van der Waals surface area contributed by atoms with Gasteiger partial charge in [-0.05, 0) is 12.5 Å². The van der Waals surface area contributed by atoms with Crippen LogP contribution in [0.25, 0.3) is 0 Å². The lowest BCUT2D eigenvalue weighted by molar-refractivity contribution is -0.140. The molecule has 0 unspecified atom stereocenters. The van der Waals surface area contributed by atoms with Crippen LogP contribution < -0.4 is 10.1 Å². The van der Waals surface area contributed by atoms with Crippen molar-refractivity contribution in [1.29, 1.82) is 0 Å². The van der Waals surface area contributed by atoms with Gasteiger partial charge in [-0.25, -0.2) is 0 Å². The Labute approximate surface area is 137 Å². The maximum Gasteiger partial charge on any atom is 0.305 e. The Morgan fingerprint density at radius 3 is 2.48 bits per heavy atom. The highest BCUT2D eigenvalue weighted by molar-refractivity contribution is 6.43. The second kappa shape index (κ2) is 8.97. The van der Waals surface area contributed by atoms with Gasteiger partial charge in [-0.15, -0.1) is 0 Å². The van der Waals surface area contributed by atoms with Crippen LogP contribution in [0.4, 0.5) is 0 Å². The first-order valence-electron chi connectivity index (χ1n) is 6.05. The Bertz CT molecular complexity index is 522. The van der Waals surface area contributed by atoms with Crippen molar-refractivity contribution in [3.63, 3.8) is 0 Å². The molecular formula is C13H14Cl3NO4. The van der Waals surface area contributed by atoms with Gasteiger partial charge in [-0.2, -0.15) is 0 Å². The van der Waals surface area contributed by atoms with Crippen molar-refractivity contribution in [2.45, 2.75) is 12.8 Å². The van der Waals surface area contributed by atoms with Gasteiger partial charge in [-0.1, -0.05) is 34.8 Å². The van der Waals surface area contributed by atoms with Crippen molar-refractivity contribution in [2.24, 2.45) is 0 Å². The second-order valence-corrected chi connectivity index (χ2v) is 5.24.